The van der Waals surface area contributed by atoms with Crippen LogP contribution in [0.15, 0.2) is 0 Å². The molecule has 1 aliphatic rings. The zero-order valence-corrected chi connectivity index (χ0v) is 9.51. The normalized spacial score (nSPS) is 32.1. The smallest absolute Gasteiger partial charge is 0.0275 e. The molecule has 0 aliphatic carbocycles. The molecule has 2 unspecified atom stereocenters. The first-order chi connectivity index (χ1) is 5.95. The second-order valence-corrected chi connectivity index (χ2v) is 5.37. The van der Waals surface area contributed by atoms with Gasteiger partial charge < -0.3 is 5.73 Å². The summed E-state index contributed by atoms with van der Waals surface area (Å²) >= 11 is 0. The minimum atomic E-state index is 0.183. The quantitative estimate of drug-likeness (QED) is 0.708. The van der Waals surface area contributed by atoms with Crippen molar-refractivity contribution in [1.29, 1.82) is 0 Å². The van der Waals surface area contributed by atoms with Crippen molar-refractivity contribution in [3.8, 4) is 0 Å². The van der Waals surface area contributed by atoms with Crippen molar-refractivity contribution >= 4 is 0 Å². The molecule has 1 fully saturated rings. The molecule has 0 saturated carbocycles. The second-order valence-electron chi connectivity index (χ2n) is 5.37. The lowest BCUT2D eigenvalue weighted by Gasteiger charge is -2.44. The van der Waals surface area contributed by atoms with E-state index in [1.54, 1.807) is 0 Å². The Balaban J connectivity index is 2.59. The van der Waals surface area contributed by atoms with Gasteiger partial charge in [0.25, 0.3) is 0 Å². The molecule has 2 heteroatoms. The highest BCUT2D eigenvalue weighted by Crippen LogP contribution is 2.26. The van der Waals surface area contributed by atoms with E-state index >= 15 is 0 Å². The first kappa shape index (κ1) is 11.0. The fourth-order valence-electron chi connectivity index (χ4n) is 2.29. The van der Waals surface area contributed by atoms with Crippen LogP contribution in [0.1, 0.15) is 34.1 Å². The third-order valence-electron chi connectivity index (χ3n) is 3.22. The van der Waals surface area contributed by atoms with E-state index < -0.39 is 0 Å². The summed E-state index contributed by atoms with van der Waals surface area (Å²) in [6.07, 6.45) is 1.37. The van der Waals surface area contributed by atoms with E-state index in [4.69, 9.17) is 5.73 Å². The van der Waals surface area contributed by atoms with Gasteiger partial charge in [-0.2, -0.15) is 0 Å². The van der Waals surface area contributed by atoms with E-state index in [0.29, 0.717) is 0 Å². The third-order valence-corrected chi connectivity index (χ3v) is 3.22. The van der Waals surface area contributed by atoms with Crippen molar-refractivity contribution in [3.05, 3.63) is 0 Å². The molecule has 13 heavy (non-hydrogen) atoms. The van der Waals surface area contributed by atoms with Gasteiger partial charge in [0.1, 0.15) is 0 Å². The molecule has 1 heterocycles. The predicted octanol–water partition coefficient (Wildman–Crippen LogP) is 1.70. The van der Waals surface area contributed by atoms with Gasteiger partial charge in [-0.25, -0.2) is 0 Å². The maximum atomic E-state index is 5.79. The number of nitrogens with two attached hydrogens (primary N) is 1. The fraction of sp³-hybridized carbons (Fsp3) is 1.00. The molecule has 1 aliphatic heterocycles. The van der Waals surface area contributed by atoms with E-state index in [1.807, 2.05) is 0 Å². The van der Waals surface area contributed by atoms with Crippen LogP contribution in [-0.4, -0.2) is 30.1 Å². The van der Waals surface area contributed by atoms with Gasteiger partial charge in [-0.3, -0.25) is 4.90 Å². The molecule has 0 spiro atoms. The summed E-state index contributed by atoms with van der Waals surface area (Å²) in [5, 5.41) is 0. The maximum absolute atomic E-state index is 5.79. The molecular formula is C11H24N2. The summed E-state index contributed by atoms with van der Waals surface area (Å²) in [7, 11) is 0. The molecule has 2 atom stereocenters. The van der Waals surface area contributed by atoms with Crippen LogP contribution >= 0.6 is 0 Å². The van der Waals surface area contributed by atoms with Gasteiger partial charge in [-0.1, -0.05) is 13.8 Å². The third kappa shape index (κ3) is 2.68. The SMILES string of the molecule is CC1CC(C)CN(C(C)(C)CN)C1. The molecule has 1 rings (SSSR count). The average Bonchev–Trinajstić information content (AvgIpc) is 2.02. The Hall–Kier alpha value is -0.0800. The minimum absolute atomic E-state index is 0.183. The Kier molecular flexibility index (Phi) is 3.36. The highest BCUT2D eigenvalue weighted by molar-refractivity contribution is 4.87. The van der Waals surface area contributed by atoms with Crippen molar-refractivity contribution in [1.82, 2.24) is 4.90 Å². The molecule has 78 valence electrons. The predicted molar refractivity (Wildman–Crippen MR) is 57.7 cm³/mol. The monoisotopic (exact) mass is 184 g/mol. The number of hydrogen-bond acceptors (Lipinski definition) is 2. The lowest BCUT2D eigenvalue weighted by molar-refractivity contribution is 0.0510. The molecule has 2 N–H and O–H groups in total. The lowest BCUT2D eigenvalue weighted by atomic mass is 9.88. The van der Waals surface area contributed by atoms with Crippen LogP contribution in [0, 0.1) is 11.8 Å². The van der Waals surface area contributed by atoms with Crippen molar-refractivity contribution < 1.29 is 0 Å². The zero-order valence-electron chi connectivity index (χ0n) is 9.51. The minimum Gasteiger partial charge on any atom is -0.329 e. The number of nitrogens with zero attached hydrogens (tertiary/aromatic N) is 1. The summed E-state index contributed by atoms with van der Waals surface area (Å²) in [4.78, 5) is 2.55. The summed E-state index contributed by atoms with van der Waals surface area (Å²) < 4.78 is 0. The molecule has 0 amide bonds. The number of hydrogen-bond donors (Lipinski definition) is 1. The van der Waals surface area contributed by atoms with E-state index in [-0.39, 0.29) is 5.54 Å². The molecule has 2 nitrogen and oxygen atoms in total. The Morgan fingerprint density at radius 1 is 1.23 bits per heavy atom. The van der Waals surface area contributed by atoms with Crippen LogP contribution in [0.3, 0.4) is 0 Å². The van der Waals surface area contributed by atoms with E-state index in [2.05, 4.69) is 32.6 Å². The van der Waals surface area contributed by atoms with Gasteiger partial charge in [0.2, 0.25) is 0 Å². The van der Waals surface area contributed by atoms with E-state index in [9.17, 15) is 0 Å². The van der Waals surface area contributed by atoms with Crippen LogP contribution in [0.4, 0.5) is 0 Å². The van der Waals surface area contributed by atoms with Crippen molar-refractivity contribution in [2.24, 2.45) is 17.6 Å². The Morgan fingerprint density at radius 2 is 1.69 bits per heavy atom. The van der Waals surface area contributed by atoms with Gasteiger partial charge in [0, 0.05) is 25.2 Å². The fourth-order valence-corrected chi connectivity index (χ4v) is 2.29. The zero-order chi connectivity index (χ0) is 10.1. The number of rotatable bonds is 2. The van der Waals surface area contributed by atoms with Crippen LogP contribution in [0.5, 0.6) is 0 Å². The largest absolute Gasteiger partial charge is 0.329 e. The molecule has 0 aromatic rings. The number of likely N-dealkylation sites (tertiary alicyclic amines) is 1. The summed E-state index contributed by atoms with van der Waals surface area (Å²) in [5.74, 6) is 1.66. The van der Waals surface area contributed by atoms with Crippen LogP contribution in [0.25, 0.3) is 0 Å². The maximum Gasteiger partial charge on any atom is 0.0275 e. The lowest BCUT2D eigenvalue weighted by Crippen LogP contribution is -2.54. The van der Waals surface area contributed by atoms with Crippen molar-refractivity contribution in [2.45, 2.75) is 39.7 Å². The van der Waals surface area contributed by atoms with Crippen LogP contribution < -0.4 is 5.73 Å². The average molecular weight is 184 g/mol. The molecule has 0 bridgehead atoms. The summed E-state index contributed by atoms with van der Waals surface area (Å²) in [5.41, 5.74) is 5.97. The molecule has 0 aromatic heterocycles. The Labute approximate surface area is 82.5 Å². The van der Waals surface area contributed by atoms with Gasteiger partial charge in [-0.15, -0.1) is 0 Å². The first-order valence-electron chi connectivity index (χ1n) is 5.41. The molecule has 0 aromatic carbocycles. The van der Waals surface area contributed by atoms with Gasteiger partial charge in [0.15, 0.2) is 0 Å². The Morgan fingerprint density at radius 3 is 2.08 bits per heavy atom. The topological polar surface area (TPSA) is 29.3 Å². The second kappa shape index (κ2) is 3.97. The first-order valence-corrected chi connectivity index (χ1v) is 5.41. The standard InChI is InChI=1S/C11H24N2/c1-9-5-10(2)7-13(6-9)11(3,4)8-12/h9-10H,5-8,12H2,1-4H3. The van der Waals surface area contributed by atoms with Gasteiger partial charge in [0.05, 0.1) is 0 Å². The van der Waals surface area contributed by atoms with Crippen molar-refractivity contribution in [3.63, 3.8) is 0 Å². The van der Waals surface area contributed by atoms with Gasteiger partial charge >= 0.3 is 0 Å². The van der Waals surface area contributed by atoms with Gasteiger partial charge in [-0.05, 0) is 32.1 Å². The highest BCUT2D eigenvalue weighted by atomic mass is 15.2. The summed E-state index contributed by atoms with van der Waals surface area (Å²) in [6.45, 7) is 12.4. The number of piperidine rings is 1. The van der Waals surface area contributed by atoms with Crippen LogP contribution in [0.2, 0.25) is 0 Å². The molecular weight excluding hydrogens is 160 g/mol. The van der Waals surface area contributed by atoms with E-state index in [1.165, 1.54) is 19.5 Å². The Bertz CT molecular complexity index is 155. The van der Waals surface area contributed by atoms with Crippen LogP contribution in [-0.2, 0) is 0 Å². The molecule has 0 radical (unpaired) electrons. The van der Waals surface area contributed by atoms with E-state index in [0.717, 1.165) is 18.4 Å². The molecule has 1 saturated heterocycles. The van der Waals surface area contributed by atoms with Crippen molar-refractivity contribution in [2.75, 3.05) is 19.6 Å². The highest BCUT2D eigenvalue weighted by Gasteiger charge is 2.31. The summed E-state index contributed by atoms with van der Waals surface area (Å²) in [6, 6.07) is 0.